The molecule has 0 spiro atoms. The normalized spacial score (nSPS) is 12.1. The minimum absolute atomic E-state index is 0.0863. The Morgan fingerprint density at radius 3 is 2.61 bits per heavy atom. The molecular weight excluding hydrogens is 256 g/mol. The Morgan fingerprint density at radius 2 is 2.11 bits per heavy atom. The first-order valence-electron chi connectivity index (χ1n) is 5.45. The number of esters is 1. The summed E-state index contributed by atoms with van der Waals surface area (Å²) in [6.45, 7) is 3.62. The molecule has 0 saturated carbocycles. The Morgan fingerprint density at radius 1 is 1.44 bits per heavy atom. The van der Waals surface area contributed by atoms with E-state index in [9.17, 15) is 9.59 Å². The van der Waals surface area contributed by atoms with Crippen LogP contribution in [0.1, 0.15) is 24.2 Å². The first-order chi connectivity index (χ1) is 8.47. The van der Waals surface area contributed by atoms with Crippen LogP contribution in [0.15, 0.2) is 18.5 Å². The van der Waals surface area contributed by atoms with Crippen molar-refractivity contribution in [1.29, 1.82) is 0 Å². The summed E-state index contributed by atoms with van der Waals surface area (Å²) in [6.07, 6.45) is 2.84. The number of carbonyl (C=O) groups is 2. The number of ether oxygens (including phenoxy) is 1. The Bertz CT molecular complexity index is 449. The molecule has 0 aromatic carbocycles. The van der Waals surface area contributed by atoms with Gasteiger partial charge in [-0.05, 0) is 12.0 Å². The molecule has 0 bridgehead atoms. The Labute approximate surface area is 110 Å². The maximum atomic E-state index is 12.0. The summed E-state index contributed by atoms with van der Waals surface area (Å²) in [6, 6.07) is 0.803. The Hall–Kier alpha value is -1.62. The van der Waals surface area contributed by atoms with Crippen LogP contribution in [0.5, 0.6) is 0 Å². The van der Waals surface area contributed by atoms with Gasteiger partial charge in [0, 0.05) is 12.4 Å². The van der Waals surface area contributed by atoms with E-state index < -0.39 is 17.9 Å². The molecule has 0 unspecified atom stereocenters. The van der Waals surface area contributed by atoms with E-state index in [4.69, 9.17) is 11.6 Å². The molecule has 18 heavy (non-hydrogen) atoms. The number of aromatic nitrogens is 1. The first kappa shape index (κ1) is 14.4. The van der Waals surface area contributed by atoms with Crippen LogP contribution < -0.4 is 5.32 Å². The summed E-state index contributed by atoms with van der Waals surface area (Å²) in [5, 5.41) is 2.87. The van der Waals surface area contributed by atoms with Crippen LogP contribution in [0.2, 0.25) is 5.02 Å². The van der Waals surface area contributed by atoms with Crippen molar-refractivity contribution >= 4 is 23.5 Å². The molecule has 0 fully saturated rings. The summed E-state index contributed by atoms with van der Waals surface area (Å²) in [5.74, 6) is -1.02. The molecule has 0 aliphatic rings. The minimum atomic E-state index is -0.709. The molecule has 1 aromatic heterocycles. The zero-order valence-corrected chi connectivity index (χ0v) is 11.2. The smallest absolute Gasteiger partial charge is 0.328 e. The van der Waals surface area contributed by atoms with Gasteiger partial charge in [0.05, 0.1) is 17.7 Å². The predicted octanol–water partition coefficient (Wildman–Crippen LogP) is 1.66. The van der Waals surface area contributed by atoms with Crippen molar-refractivity contribution in [2.24, 2.45) is 5.92 Å². The van der Waals surface area contributed by atoms with Crippen molar-refractivity contribution in [2.45, 2.75) is 19.9 Å². The second kappa shape index (κ2) is 6.35. The monoisotopic (exact) mass is 270 g/mol. The van der Waals surface area contributed by atoms with Gasteiger partial charge in [-0.15, -0.1) is 0 Å². The number of hydrogen-bond acceptors (Lipinski definition) is 4. The molecule has 1 N–H and O–H groups in total. The van der Waals surface area contributed by atoms with Crippen LogP contribution in [0, 0.1) is 5.92 Å². The number of halogens is 1. The number of hydrogen-bond donors (Lipinski definition) is 1. The van der Waals surface area contributed by atoms with Gasteiger partial charge in [-0.2, -0.15) is 0 Å². The molecule has 6 heteroatoms. The van der Waals surface area contributed by atoms with Crippen molar-refractivity contribution < 1.29 is 14.3 Å². The lowest BCUT2D eigenvalue weighted by Crippen LogP contribution is -2.45. The van der Waals surface area contributed by atoms with Crippen molar-refractivity contribution in [3.8, 4) is 0 Å². The molecular formula is C12H15ClN2O3. The molecule has 0 saturated heterocycles. The van der Waals surface area contributed by atoms with E-state index in [2.05, 4.69) is 15.0 Å². The lowest BCUT2D eigenvalue weighted by atomic mass is 10.0. The fourth-order valence-electron chi connectivity index (χ4n) is 1.39. The molecule has 0 aliphatic carbocycles. The van der Waals surface area contributed by atoms with Crippen molar-refractivity contribution in [3.63, 3.8) is 0 Å². The minimum Gasteiger partial charge on any atom is -0.467 e. The average Bonchev–Trinajstić information content (AvgIpc) is 2.35. The molecule has 1 aromatic rings. The van der Waals surface area contributed by atoms with E-state index in [0.717, 1.165) is 0 Å². The van der Waals surface area contributed by atoms with Crippen molar-refractivity contribution in [3.05, 3.63) is 29.0 Å². The highest BCUT2D eigenvalue weighted by Crippen LogP contribution is 2.14. The highest BCUT2D eigenvalue weighted by atomic mass is 35.5. The van der Waals surface area contributed by atoms with E-state index in [1.807, 2.05) is 13.8 Å². The van der Waals surface area contributed by atoms with Gasteiger partial charge in [0.25, 0.3) is 5.91 Å². The Balaban J connectivity index is 2.86. The molecule has 1 rings (SSSR count). The fourth-order valence-corrected chi connectivity index (χ4v) is 1.58. The van der Waals surface area contributed by atoms with Crippen LogP contribution >= 0.6 is 11.6 Å². The molecule has 98 valence electrons. The third kappa shape index (κ3) is 3.43. The highest BCUT2D eigenvalue weighted by Gasteiger charge is 2.26. The lowest BCUT2D eigenvalue weighted by Gasteiger charge is -2.19. The number of amides is 1. The van der Waals surface area contributed by atoms with E-state index in [1.165, 1.54) is 25.6 Å². The number of carbonyl (C=O) groups excluding carboxylic acids is 2. The van der Waals surface area contributed by atoms with Crippen LogP contribution in [-0.4, -0.2) is 30.0 Å². The maximum Gasteiger partial charge on any atom is 0.328 e. The van der Waals surface area contributed by atoms with Gasteiger partial charge in [-0.3, -0.25) is 9.78 Å². The van der Waals surface area contributed by atoms with Crippen LogP contribution in [-0.2, 0) is 9.53 Å². The predicted molar refractivity (Wildman–Crippen MR) is 67.4 cm³/mol. The topological polar surface area (TPSA) is 68.3 Å². The molecule has 1 atom stereocenters. The van der Waals surface area contributed by atoms with Gasteiger partial charge in [0.1, 0.15) is 6.04 Å². The number of methoxy groups -OCH3 is 1. The summed E-state index contributed by atoms with van der Waals surface area (Å²) in [5.41, 5.74) is 0.230. The molecule has 5 nitrogen and oxygen atoms in total. The first-order valence-corrected chi connectivity index (χ1v) is 5.83. The van der Waals surface area contributed by atoms with E-state index in [-0.39, 0.29) is 16.5 Å². The van der Waals surface area contributed by atoms with Crippen LogP contribution in [0.4, 0.5) is 0 Å². The third-order valence-electron chi connectivity index (χ3n) is 2.42. The number of nitrogens with zero attached hydrogens (tertiary/aromatic N) is 1. The summed E-state index contributed by atoms with van der Waals surface area (Å²) >= 11 is 5.88. The van der Waals surface area contributed by atoms with Gasteiger partial charge < -0.3 is 10.1 Å². The number of rotatable bonds is 4. The average molecular weight is 271 g/mol. The number of nitrogens with one attached hydrogen (secondary N) is 1. The van der Waals surface area contributed by atoms with E-state index in [0.29, 0.717) is 0 Å². The van der Waals surface area contributed by atoms with Crippen LogP contribution in [0.25, 0.3) is 0 Å². The largest absolute Gasteiger partial charge is 0.467 e. The molecule has 0 aliphatic heterocycles. The summed E-state index contributed by atoms with van der Waals surface area (Å²) < 4.78 is 4.64. The molecule has 1 heterocycles. The van der Waals surface area contributed by atoms with Gasteiger partial charge in [0.2, 0.25) is 0 Å². The van der Waals surface area contributed by atoms with Crippen LogP contribution in [0.3, 0.4) is 0 Å². The maximum absolute atomic E-state index is 12.0. The second-order valence-electron chi connectivity index (χ2n) is 4.07. The standard InChI is InChI=1S/C12H15ClN2O3/c1-7(2)10(12(17)18-3)15-11(16)8-6-14-5-4-9(8)13/h4-7,10H,1-3H3,(H,15,16)/t10-/m0/s1. The Kier molecular flexibility index (Phi) is 5.09. The van der Waals surface area contributed by atoms with Gasteiger partial charge >= 0.3 is 5.97 Å². The van der Waals surface area contributed by atoms with Gasteiger partial charge in [-0.25, -0.2) is 4.79 Å². The second-order valence-corrected chi connectivity index (χ2v) is 4.48. The number of pyridine rings is 1. The van der Waals surface area contributed by atoms with Gasteiger partial charge in [0.15, 0.2) is 0 Å². The fraction of sp³-hybridized carbons (Fsp3) is 0.417. The quantitative estimate of drug-likeness (QED) is 0.845. The highest BCUT2D eigenvalue weighted by molar-refractivity contribution is 6.33. The van der Waals surface area contributed by atoms with E-state index in [1.54, 1.807) is 0 Å². The van der Waals surface area contributed by atoms with Crippen molar-refractivity contribution in [1.82, 2.24) is 10.3 Å². The lowest BCUT2D eigenvalue weighted by molar-refractivity contribution is -0.144. The van der Waals surface area contributed by atoms with Gasteiger partial charge in [-0.1, -0.05) is 25.4 Å². The SMILES string of the molecule is COC(=O)[C@@H](NC(=O)c1cnccc1Cl)C(C)C. The molecule has 0 radical (unpaired) electrons. The zero-order valence-electron chi connectivity index (χ0n) is 10.4. The summed E-state index contributed by atoms with van der Waals surface area (Å²) in [7, 11) is 1.28. The van der Waals surface area contributed by atoms with Crippen molar-refractivity contribution in [2.75, 3.05) is 7.11 Å². The third-order valence-corrected chi connectivity index (χ3v) is 2.75. The molecule has 1 amide bonds. The van der Waals surface area contributed by atoms with E-state index >= 15 is 0 Å². The summed E-state index contributed by atoms with van der Waals surface area (Å²) in [4.78, 5) is 27.3. The zero-order chi connectivity index (χ0) is 13.7.